The van der Waals surface area contributed by atoms with E-state index in [4.69, 9.17) is 18.2 Å². The van der Waals surface area contributed by atoms with Crippen molar-refractivity contribution < 1.29 is 22.8 Å². The maximum Gasteiger partial charge on any atom is 0.356 e. The number of hydrogen-bond donors (Lipinski definition) is 0. The van der Waals surface area contributed by atoms with Gasteiger partial charge in [0.05, 0.1) is 25.4 Å². The lowest BCUT2D eigenvalue weighted by molar-refractivity contribution is 0.104. The van der Waals surface area contributed by atoms with Crippen molar-refractivity contribution in [3.63, 3.8) is 0 Å². The summed E-state index contributed by atoms with van der Waals surface area (Å²) in [6, 6.07) is 21.1. The molecule has 0 N–H and O–H groups in total. The highest BCUT2D eigenvalue weighted by molar-refractivity contribution is 7.53. The van der Waals surface area contributed by atoms with Gasteiger partial charge in [-0.2, -0.15) is 0 Å². The third-order valence-electron chi connectivity index (χ3n) is 5.58. The van der Waals surface area contributed by atoms with Gasteiger partial charge < -0.3 is 18.2 Å². The van der Waals surface area contributed by atoms with Gasteiger partial charge >= 0.3 is 7.60 Å². The van der Waals surface area contributed by atoms with Gasteiger partial charge in [-0.15, -0.1) is 0 Å². The smallest absolute Gasteiger partial charge is 0.356 e. The molecule has 0 unspecified atom stereocenters. The molecule has 0 saturated heterocycles. The van der Waals surface area contributed by atoms with Gasteiger partial charge in [0.15, 0.2) is 0 Å². The molecule has 7 heteroatoms. The van der Waals surface area contributed by atoms with Crippen molar-refractivity contribution in [2.24, 2.45) is 0 Å². The molecule has 35 heavy (non-hydrogen) atoms. The van der Waals surface area contributed by atoms with Crippen LogP contribution in [0, 0.1) is 0 Å². The number of hydrogen-bond acceptors (Lipinski definition) is 5. The van der Waals surface area contributed by atoms with Gasteiger partial charge in [-0.1, -0.05) is 87.5 Å². The molecular weight excluding hydrogens is 475 g/mol. The Morgan fingerprint density at radius 1 is 0.857 bits per heavy atom. The first-order valence-electron chi connectivity index (χ1n) is 12.4. The Morgan fingerprint density at radius 3 is 1.69 bits per heavy atom. The van der Waals surface area contributed by atoms with Gasteiger partial charge in [0.2, 0.25) is 0 Å². The maximum absolute atomic E-state index is 13.1. The molecule has 0 atom stereocenters. The van der Waals surface area contributed by atoms with E-state index >= 15 is 0 Å². The Bertz CT molecular complexity index is 914. The van der Waals surface area contributed by atoms with Crippen LogP contribution in [0.5, 0.6) is 0 Å². The molecule has 0 saturated carbocycles. The summed E-state index contributed by atoms with van der Waals surface area (Å²) in [6.07, 6.45) is 1.47. The van der Waals surface area contributed by atoms with Crippen molar-refractivity contribution in [3.05, 3.63) is 72.3 Å². The van der Waals surface area contributed by atoms with E-state index in [0.717, 1.165) is 5.57 Å². The molecule has 2 rings (SSSR count). The summed E-state index contributed by atoms with van der Waals surface area (Å²) < 4.78 is 37.2. The largest absolute Gasteiger partial charge is 0.403 e. The average molecular weight is 519 g/mol. The van der Waals surface area contributed by atoms with Crippen LogP contribution in [-0.4, -0.2) is 40.1 Å². The molecular formula is C28H43O5PSi. The first-order chi connectivity index (χ1) is 16.4. The second kappa shape index (κ2) is 13.1. The third kappa shape index (κ3) is 8.24. The van der Waals surface area contributed by atoms with E-state index in [1.807, 2.05) is 52.8 Å². The van der Waals surface area contributed by atoms with Crippen molar-refractivity contribution in [2.75, 3.05) is 19.6 Å². The molecule has 0 aromatic heterocycles. The lowest BCUT2D eigenvalue weighted by Gasteiger charge is -2.43. The summed E-state index contributed by atoms with van der Waals surface area (Å²) in [4.78, 5) is 0. The zero-order valence-electron chi connectivity index (χ0n) is 22.6. The molecule has 0 bridgehead atoms. The molecule has 0 aliphatic carbocycles. The van der Waals surface area contributed by atoms with Gasteiger partial charge in [-0.3, -0.25) is 4.57 Å². The molecule has 194 valence electrons. The van der Waals surface area contributed by atoms with Crippen molar-refractivity contribution in [3.8, 4) is 0 Å². The minimum Gasteiger partial charge on any atom is -0.403 e. The number of ether oxygens (including phenoxy) is 1. The van der Waals surface area contributed by atoms with Crippen LogP contribution in [0.15, 0.2) is 72.3 Å². The van der Waals surface area contributed by atoms with E-state index in [-0.39, 0.29) is 23.6 Å². The summed E-state index contributed by atoms with van der Waals surface area (Å²) in [5.41, 5.74) is 0.985. The molecule has 5 nitrogen and oxygen atoms in total. The predicted octanol–water partition coefficient (Wildman–Crippen LogP) is 6.53. The van der Waals surface area contributed by atoms with E-state index in [2.05, 4.69) is 69.3 Å². The van der Waals surface area contributed by atoms with Crippen LogP contribution in [-0.2, 0) is 22.8 Å². The average Bonchev–Trinajstić information content (AvgIpc) is 2.77. The molecule has 0 amide bonds. The lowest BCUT2D eigenvalue weighted by atomic mass is 10.2. The topological polar surface area (TPSA) is 54.0 Å². The predicted molar refractivity (Wildman–Crippen MR) is 148 cm³/mol. The fourth-order valence-electron chi connectivity index (χ4n) is 4.19. The first kappa shape index (κ1) is 29.7. The lowest BCUT2D eigenvalue weighted by Crippen LogP contribution is -2.66. The number of rotatable bonds is 13. The van der Waals surface area contributed by atoms with Crippen LogP contribution in [0.3, 0.4) is 0 Å². The summed E-state index contributed by atoms with van der Waals surface area (Å²) in [5, 5.41) is 2.35. The Morgan fingerprint density at radius 2 is 1.31 bits per heavy atom. The summed E-state index contributed by atoms with van der Waals surface area (Å²) in [7, 11) is -6.00. The SMILES string of the molecule is C/C=C(/COCP(=O)(OC(C)C)OC(C)C)CO[Si](c1ccccc1)(c1ccccc1)C(C)(C)C. The first-order valence-corrected chi connectivity index (χ1v) is 16.0. The second-order valence-electron chi connectivity index (χ2n) is 10.3. The summed E-state index contributed by atoms with van der Waals surface area (Å²) in [5.74, 6) is 0. The van der Waals surface area contributed by atoms with Gasteiger partial charge in [0.1, 0.15) is 6.35 Å². The van der Waals surface area contributed by atoms with Gasteiger partial charge in [0.25, 0.3) is 8.32 Å². The molecule has 0 heterocycles. The fourth-order valence-corrected chi connectivity index (χ4v) is 10.5. The molecule has 2 aromatic rings. The van der Waals surface area contributed by atoms with Gasteiger partial charge in [-0.05, 0) is 55.6 Å². The number of allylic oxidation sites excluding steroid dienone is 1. The Labute approximate surface area is 213 Å². The van der Waals surface area contributed by atoms with Gasteiger partial charge in [0, 0.05) is 0 Å². The van der Waals surface area contributed by atoms with E-state index in [9.17, 15) is 4.57 Å². The molecule has 0 aliphatic rings. The zero-order valence-corrected chi connectivity index (χ0v) is 24.5. The summed E-state index contributed by atoms with van der Waals surface area (Å²) in [6.45, 7) is 16.8. The van der Waals surface area contributed by atoms with E-state index in [1.54, 1.807) is 0 Å². The fraction of sp³-hybridized carbons (Fsp3) is 0.500. The van der Waals surface area contributed by atoms with Gasteiger partial charge in [-0.25, -0.2) is 0 Å². The molecule has 0 spiro atoms. The van der Waals surface area contributed by atoms with E-state index in [1.165, 1.54) is 10.4 Å². The maximum atomic E-state index is 13.1. The Balaban J connectivity index is 2.25. The third-order valence-corrected chi connectivity index (χ3v) is 12.5. The van der Waals surface area contributed by atoms with E-state index < -0.39 is 15.9 Å². The zero-order chi connectivity index (χ0) is 26.1. The highest BCUT2D eigenvalue weighted by Gasteiger charge is 2.50. The van der Waals surface area contributed by atoms with Crippen LogP contribution in [0.4, 0.5) is 0 Å². The molecule has 0 aliphatic heterocycles. The molecule has 2 aromatic carbocycles. The highest BCUT2D eigenvalue weighted by atomic mass is 31.2. The molecule has 0 fully saturated rings. The van der Waals surface area contributed by atoms with Crippen LogP contribution in [0.25, 0.3) is 0 Å². The minimum absolute atomic E-state index is 0.0973. The quantitative estimate of drug-likeness (QED) is 0.172. The number of benzene rings is 2. The summed E-state index contributed by atoms with van der Waals surface area (Å²) >= 11 is 0. The Kier molecular flexibility index (Phi) is 11.1. The van der Waals surface area contributed by atoms with Crippen LogP contribution < -0.4 is 10.4 Å². The van der Waals surface area contributed by atoms with Crippen LogP contribution >= 0.6 is 7.60 Å². The van der Waals surface area contributed by atoms with Crippen molar-refractivity contribution >= 4 is 26.3 Å². The van der Waals surface area contributed by atoms with Crippen LogP contribution in [0.2, 0.25) is 5.04 Å². The second-order valence-corrected chi connectivity index (χ2v) is 16.5. The molecule has 0 radical (unpaired) electrons. The minimum atomic E-state index is -3.35. The van der Waals surface area contributed by atoms with Crippen LogP contribution in [0.1, 0.15) is 55.4 Å². The van der Waals surface area contributed by atoms with Crippen molar-refractivity contribution in [1.29, 1.82) is 0 Å². The van der Waals surface area contributed by atoms with Crippen molar-refractivity contribution in [1.82, 2.24) is 0 Å². The van der Waals surface area contributed by atoms with Crippen molar-refractivity contribution in [2.45, 2.75) is 72.6 Å². The monoisotopic (exact) mass is 518 g/mol. The standard InChI is InChI=1S/C28H43O5PSi/c1-9-25(20-30-22-34(29,32-23(2)3)33-24(4)5)21-31-35(28(6,7)8,26-16-12-10-13-17-26)27-18-14-11-15-19-27/h9-19,23-24H,20-22H2,1-8H3/b25-9-. The normalized spacial score (nSPS) is 13.6. The Hall–Kier alpha value is -1.53. The highest BCUT2D eigenvalue weighted by Crippen LogP contribution is 2.50. The van der Waals surface area contributed by atoms with E-state index in [0.29, 0.717) is 13.2 Å².